The largest absolute Gasteiger partial charge is 0.493 e. The lowest BCUT2D eigenvalue weighted by Gasteiger charge is -2.14. The molecule has 164 valence electrons. The van der Waals surface area contributed by atoms with Crippen LogP contribution in [-0.2, 0) is 12.7 Å². The Balaban J connectivity index is 2.00. The maximum absolute atomic E-state index is 13.4. The van der Waals surface area contributed by atoms with Gasteiger partial charge in [-0.1, -0.05) is 0 Å². The highest BCUT2D eigenvalue weighted by Gasteiger charge is 2.35. The Morgan fingerprint density at radius 1 is 1.13 bits per heavy atom. The first-order chi connectivity index (χ1) is 14.5. The average molecular weight is 443 g/mol. The number of rotatable bonds is 6. The number of aromatic amines is 1. The number of ether oxygens (including phenoxy) is 1. The van der Waals surface area contributed by atoms with Gasteiger partial charge in [-0.2, -0.15) is 31.6 Å². The molecule has 0 bridgehead atoms. The van der Waals surface area contributed by atoms with Crippen molar-refractivity contribution in [2.24, 2.45) is 0 Å². The number of alkyl halides is 6. The Bertz CT molecular complexity index is 1130. The van der Waals surface area contributed by atoms with Gasteiger partial charge in [0.05, 0.1) is 36.5 Å². The van der Waals surface area contributed by atoms with E-state index in [9.17, 15) is 31.6 Å². The molecule has 0 amide bonds. The molecule has 0 aliphatic carbocycles. The molecule has 0 fully saturated rings. The van der Waals surface area contributed by atoms with Crippen molar-refractivity contribution < 1.29 is 31.1 Å². The maximum Gasteiger partial charge on any atom is 0.419 e. The van der Waals surface area contributed by atoms with Gasteiger partial charge in [0.1, 0.15) is 23.2 Å². The highest BCUT2D eigenvalue weighted by molar-refractivity contribution is 5.84. The second kappa shape index (κ2) is 8.43. The molecule has 0 aliphatic heterocycles. The van der Waals surface area contributed by atoms with E-state index in [1.807, 2.05) is 6.07 Å². The van der Waals surface area contributed by atoms with E-state index < -0.39 is 24.5 Å². The van der Waals surface area contributed by atoms with Gasteiger partial charge in [-0.25, -0.2) is 9.97 Å². The summed E-state index contributed by atoms with van der Waals surface area (Å²) in [6, 6.07) is 6.59. The number of aromatic nitrogens is 3. The highest BCUT2D eigenvalue weighted by Crippen LogP contribution is 2.39. The summed E-state index contributed by atoms with van der Waals surface area (Å²) in [5.74, 6) is -0.211. The standard InChI is InChI=1S/C19H15F6N5O/c1-2-31-15-4-3-10(5-11(15)19(23,24)25)12-6-13-17(14(7-26)28-12)30-16(29-13)8-27-9-18(20,21)22/h3-6,27H,2,8-9H2,1H3,(H,29,30). The zero-order valence-corrected chi connectivity index (χ0v) is 15.9. The number of hydrogen-bond donors (Lipinski definition) is 2. The zero-order chi connectivity index (χ0) is 22.8. The van der Waals surface area contributed by atoms with E-state index in [1.165, 1.54) is 18.2 Å². The van der Waals surface area contributed by atoms with Crippen LogP contribution in [-0.4, -0.2) is 34.3 Å². The fourth-order valence-electron chi connectivity index (χ4n) is 2.89. The predicted octanol–water partition coefficient (Wildman–Crippen LogP) is 4.57. The number of halogens is 6. The van der Waals surface area contributed by atoms with Gasteiger partial charge in [0.25, 0.3) is 0 Å². The van der Waals surface area contributed by atoms with Crippen molar-refractivity contribution in [3.63, 3.8) is 0 Å². The molecule has 0 aliphatic rings. The zero-order valence-electron chi connectivity index (χ0n) is 15.9. The molecule has 12 heteroatoms. The number of fused-ring (bicyclic) bond motifs is 1. The summed E-state index contributed by atoms with van der Waals surface area (Å²) < 4.78 is 82.1. The molecular formula is C19H15F6N5O. The van der Waals surface area contributed by atoms with E-state index in [4.69, 9.17) is 4.74 Å². The van der Waals surface area contributed by atoms with Crippen LogP contribution in [0.5, 0.6) is 5.75 Å². The molecule has 0 spiro atoms. The highest BCUT2D eigenvalue weighted by atomic mass is 19.4. The first-order valence-electron chi connectivity index (χ1n) is 8.93. The second-order valence-corrected chi connectivity index (χ2v) is 6.41. The van der Waals surface area contributed by atoms with E-state index in [-0.39, 0.29) is 52.7 Å². The van der Waals surface area contributed by atoms with Crippen LogP contribution >= 0.6 is 0 Å². The number of nitrogens with zero attached hydrogens (tertiary/aromatic N) is 3. The van der Waals surface area contributed by atoms with Crippen molar-refractivity contribution in [3.05, 3.63) is 41.3 Å². The van der Waals surface area contributed by atoms with Gasteiger partial charge in [-0.15, -0.1) is 0 Å². The van der Waals surface area contributed by atoms with Gasteiger partial charge in [0.15, 0.2) is 5.69 Å². The fraction of sp³-hybridized carbons (Fsp3) is 0.316. The minimum Gasteiger partial charge on any atom is -0.493 e. The van der Waals surface area contributed by atoms with E-state index in [2.05, 4.69) is 20.3 Å². The molecule has 2 N–H and O–H groups in total. The molecule has 1 aromatic carbocycles. The average Bonchev–Trinajstić information content (AvgIpc) is 3.08. The Kier molecular flexibility index (Phi) is 6.08. The number of benzene rings is 1. The third kappa shape index (κ3) is 5.24. The number of nitrogens with one attached hydrogen (secondary N) is 2. The van der Waals surface area contributed by atoms with Gasteiger partial charge in [0, 0.05) is 5.56 Å². The number of imidazole rings is 1. The molecule has 2 aromatic heterocycles. The van der Waals surface area contributed by atoms with Crippen molar-refractivity contribution in [1.29, 1.82) is 5.26 Å². The summed E-state index contributed by atoms with van der Waals surface area (Å²) in [7, 11) is 0. The van der Waals surface area contributed by atoms with Crippen LogP contribution < -0.4 is 10.1 Å². The normalized spacial score (nSPS) is 12.2. The van der Waals surface area contributed by atoms with E-state index in [0.29, 0.717) is 0 Å². The van der Waals surface area contributed by atoms with Gasteiger partial charge < -0.3 is 15.0 Å². The summed E-state index contributed by atoms with van der Waals surface area (Å²) >= 11 is 0. The molecule has 2 heterocycles. The third-order valence-electron chi connectivity index (χ3n) is 4.12. The van der Waals surface area contributed by atoms with Gasteiger partial charge in [0.2, 0.25) is 0 Å². The summed E-state index contributed by atoms with van der Waals surface area (Å²) in [5.41, 5.74) is -0.649. The fourth-order valence-corrected chi connectivity index (χ4v) is 2.89. The topological polar surface area (TPSA) is 86.6 Å². The van der Waals surface area contributed by atoms with Crippen molar-refractivity contribution in [2.75, 3.05) is 13.2 Å². The smallest absolute Gasteiger partial charge is 0.419 e. The van der Waals surface area contributed by atoms with Crippen LogP contribution in [0.1, 0.15) is 24.0 Å². The maximum atomic E-state index is 13.4. The number of H-pyrrole nitrogens is 1. The van der Waals surface area contributed by atoms with Crippen LogP contribution in [0.3, 0.4) is 0 Å². The Morgan fingerprint density at radius 2 is 1.87 bits per heavy atom. The van der Waals surface area contributed by atoms with Crippen LogP contribution in [0, 0.1) is 11.3 Å². The molecule has 0 saturated heterocycles. The van der Waals surface area contributed by atoms with Gasteiger partial charge in [-0.3, -0.25) is 0 Å². The Morgan fingerprint density at radius 3 is 2.48 bits per heavy atom. The quantitative estimate of drug-likeness (QED) is 0.546. The van der Waals surface area contributed by atoms with Crippen molar-refractivity contribution in [3.8, 4) is 23.1 Å². The second-order valence-electron chi connectivity index (χ2n) is 6.41. The molecule has 3 aromatic rings. The van der Waals surface area contributed by atoms with Crippen molar-refractivity contribution in [1.82, 2.24) is 20.3 Å². The monoisotopic (exact) mass is 443 g/mol. The lowest BCUT2D eigenvalue weighted by molar-refractivity contribution is -0.138. The number of hydrogen-bond acceptors (Lipinski definition) is 5. The van der Waals surface area contributed by atoms with E-state index >= 15 is 0 Å². The summed E-state index contributed by atoms with van der Waals surface area (Å²) in [6.07, 6.45) is -9.07. The number of pyridine rings is 1. The molecule has 6 nitrogen and oxygen atoms in total. The lowest BCUT2D eigenvalue weighted by Crippen LogP contribution is -2.28. The molecular weight excluding hydrogens is 428 g/mol. The van der Waals surface area contributed by atoms with Crippen LogP contribution in [0.15, 0.2) is 24.3 Å². The molecule has 0 unspecified atom stereocenters. The summed E-state index contributed by atoms with van der Waals surface area (Å²) in [4.78, 5) is 10.9. The van der Waals surface area contributed by atoms with Gasteiger partial charge in [-0.05, 0) is 31.2 Å². The predicted molar refractivity (Wildman–Crippen MR) is 98.0 cm³/mol. The minimum absolute atomic E-state index is 0.0461. The SMILES string of the molecule is CCOc1ccc(-c2cc3[nH]c(CNCC(F)(F)F)nc3c(C#N)n2)cc1C(F)(F)F. The first-order valence-corrected chi connectivity index (χ1v) is 8.93. The Labute approximate surface area is 171 Å². The summed E-state index contributed by atoms with van der Waals surface area (Å²) in [5, 5.41) is 11.5. The van der Waals surface area contributed by atoms with Crippen LogP contribution in [0.25, 0.3) is 22.3 Å². The van der Waals surface area contributed by atoms with Crippen molar-refractivity contribution >= 4 is 11.0 Å². The van der Waals surface area contributed by atoms with Crippen LogP contribution in [0.4, 0.5) is 26.3 Å². The van der Waals surface area contributed by atoms with Crippen LogP contribution in [0.2, 0.25) is 0 Å². The lowest BCUT2D eigenvalue weighted by atomic mass is 10.1. The van der Waals surface area contributed by atoms with E-state index in [1.54, 1.807) is 6.92 Å². The van der Waals surface area contributed by atoms with Gasteiger partial charge >= 0.3 is 12.4 Å². The molecule has 0 atom stereocenters. The van der Waals surface area contributed by atoms with Crippen molar-refractivity contribution in [2.45, 2.75) is 25.8 Å². The third-order valence-corrected chi connectivity index (χ3v) is 4.12. The number of nitriles is 1. The molecule has 0 radical (unpaired) electrons. The molecule has 31 heavy (non-hydrogen) atoms. The molecule has 0 saturated carbocycles. The first kappa shape index (κ1) is 22.4. The van der Waals surface area contributed by atoms with E-state index in [0.717, 1.165) is 6.07 Å². The summed E-state index contributed by atoms with van der Waals surface area (Å²) in [6.45, 7) is 0.118. The Hall–Kier alpha value is -3.33. The molecule has 3 rings (SSSR count). The minimum atomic E-state index is -4.67.